The summed E-state index contributed by atoms with van der Waals surface area (Å²) in [5, 5.41) is 13.9. The van der Waals surface area contributed by atoms with Crippen LogP contribution in [0.3, 0.4) is 0 Å². The molecule has 0 aliphatic carbocycles. The average molecular weight is 268 g/mol. The highest BCUT2D eigenvalue weighted by molar-refractivity contribution is 6.00. The van der Waals surface area contributed by atoms with Gasteiger partial charge in [-0.3, -0.25) is 0 Å². The van der Waals surface area contributed by atoms with Crippen molar-refractivity contribution < 1.29 is 19.1 Å². The summed E-state index contributed by atoms with van der Waals surface area (Å²) < 4.78 is 13.4. The summed E-state index contributed by atoms with van der Waals surface area (Å²) in [5.74, 6) is -2.30. The lowest BCUT2D eigenvalue weighted by Crippen LogP contribution is -2.36. The molecule has 0 heterocycles. The van der Waals surface area contributed by atoms with Crippen LogP contribution in [-0.4, -0.2) is 23.1 Å². The predicted octanol–water partition coefficient (Wildman–Crippen LogP) is 2.83. The van der Waals surface area contributed by atoms with Crippen LogP contribution in [0.1, 0.15) is 37.0 Å². The molecule has 0 saturated heterocycles. The molecule has 0 radical (unpaired) electrons. The molecule has 6 heteroatoms. The van der Waals surface area contributed by atoms with Gasteiger partial charge in [0.15, 0.2) is 0 Å². The zero-order valence-corrected chi connectivity index (χ0v) is 10.9. The summed E-state index contributed by atoms with van der Waals surface area (Å²) >= 11 is 0. The van der Waals surface area contributed by atoms with Crippen LogP contribution < -0.4 is 10.6 Å². The van der Waals surface area contributed by atoms with E-state index in [1.54, 1.807) is 0 Å². The molecule has 2 amide bonds. The number of nitrogens with one attached hydrogen (secondary N) is 2. The maximum Gasteiger partial charge on any atom is 0.340 e. The van der Waals surface area contributed by atoms with Crippen LogP contribution in [0.2, 0.25) is 0 Å². The minimum atomic E-state index is -1.42. The van der Waals surface area contributed by atoms with E-state index in [1.165, 1.54) is 12.1 Å². The number of carbonyl (C=O) groups excluding carboxylic acids is 1. The molecule has 1 atom stereocenters. The number of halogens is 1. The van der Waals surface area contributed by atoms with Gasteiger partial charge >= 0.3 is 12.0 Å². The third-order valence-electron chi connectivity index (χ3n) is 2.57. The Hall–Kier alpha value is -2.11. The third kappa shape index (κ3) is 4.24. The lowest BCUT2D eigenvalue weighted by molar-refractivity contribution is 0.0693. The summed E-state index contributed by atoms with van der Waals surface area (Å²) in [4.78, 5) is 22.6. The smallest absolute Gasteiger partial charge is 0.340 e. The monoisotopic (exact) mass is 268 g/mol. The minimum Gasteiger partial charge on any atom is -0.478 e. The molecule has 0 aliphatic heterocycles. The van der Waals surface area contributed by atoms with Crippen molar-refractivity contribution in [3.8, 4) is 0 Å². The Kier molecular flexibility index (Phi) is 5.29. The van der Waals surface area contributed by atoms with Gasteiger partial charge in [-0.25, -0.2) is 14.0 Å². The van der Waals surface area contributed by atoms with Crippen LogP contribution in [0.15, 0.2) is 18.2 Å². The standard InChI is InChI=1S/C13H17FN2O3/c1-3-5-8(2)15-13(19)16-10-7-4-6-9(14)11(10)12(17)18/h4,6-8H,3,5H2,1-2H3,(H,17,18)(H2,15,16,19). The molecule has 3 N–H and O–H groups in total. The molecule has 0 aromatic heterocycles. The second-order valence-corrected chi connectivity index (χ2v) is 4.26. The molecule has 0 bridgehead atoms. The maximum atomic E-state index is 13.4. The largest absolute Gasteiger partial charge is 0.478 e. The molecule has 0 aliphatic rings. The van der Waals surface area contributed by atoms with Gasteiger partial charge in [0.05, 0.1) is 5.69 Å². The fraction of sp³-hybridized carbons (Fsp3) is 0.385. The van der Waals surface area contributed by atoms with E-state index in [4.69, 9.17) is 5.11 Å². The van der Waals surface area contributed by atoms with E-state index in [2.05, 4.69) is 10.6 Å². The second kappa shape index (κ2) is 6.72. The number of aromatic carboxylic acids is 1. The van der Waals surface area contributed by atoms with E-state index in [9.17, 15) is 14.0 Å². The number of benzene rings is 1. The van der Waals surface area contributed by atoms with Crippen LogP contribution in [0, 0.1) is 5.82 Å². The van der Waals surface area contributed by atoms with Gasteiger partial charge in [-0.1, -0.05) is 19.4 Å². The Morgan fingerprint density at radius 1 is 1.42 bits per heavy atom. The number of carboxylic acid groups (broad SMARTS) is 1. The summed E-state index contributed by atoms with van der Waals surface area (Å²) in [5.41, 5.74) is -0.602. The molecule has 5 nitrogen and oxygen atoms in total. The minimum absolute atomic E-state index is 0.0353. The number of hydrogen-bond acceptors (Lipinski definition) is 2. The van der Waals surface area contributed by atoms with Crippen LogP contribution in [0.5, 0.6) is 0 Å². The quantitative estimate of drug-likeness (QED) is 0.768. The lowest BCUT2D eigenvalue weighted by atomic mass is 10.1. The SMILES string of the molecule is CCCC(C)NC(=O)Nc1cccc(F)c1C(=O)O. The molecule has 19 heavy (non-hydrogen) atoms. The van der Waals surface area contributed by atoms with E-state index >= 15 is 0 Å². The van der Waals surface area contributed by atoms with Gasteiger partial charge in [0.25, 0.3) is 0 Å². The van der Waals surface area contributed by atoms with E-state index < -0.39 is 23.4 Å². The summed E-state index contributed by atoms with van der Waals surface area (Å²) in [6.07, 6.45) is 1.73. The average Bonchev–Trinajstić information content (AvgIpc) is 2.28. The number of amides is 2. The summed E-state index contributed by atoms with van der Waals surface area (Å²) in [7, 11) is 0. The molecular formula is C13H17FN2O3. The van der Waals surface area contributed by atoms with Crippen molar-refractivity contribution in [1.82, 2.24) is 5.32 Å². The first-order chi connectivity index (χ1) is 8.95. The first kappa shape index (κ1) is 14.9. The first-order valence-electron chi connectivity index (χ1n) is 6.05. The molecule has 0 saturated carbocycles. The van der Waals surface area contributed by atoms with Gasteiger partial charge in [-0.15, -0.1) is 0 Å². The molecule has 1 unspecified atom stereocenters. The highest BCUT2D eigenvalue weighted by Crippen LogP contribution is 2.18. The van der Waals surface area contributed by atoms with Gasteiger partial charge in [0.2, 0.25) is 0 Å². The van der Waals surface area contributed by atoms with E-state index in [0.29, 0.717) is 0 Å². The van der Waals surface area contributed by atoms with Crippen molar-refractivity contribution in [3.05, 3.63) is 29.6 Å². The number of hydrogen-bond donors (Lipinski definition) is 3. The van der Waals surface area contributed by atoms with Gasteiger partial charge < -0.3 is 15.7 Å². The van der Waals surface area contributed by atoms with E-state index in [0.717, 1.165) is 18.9 Å². The highest BCUT2D eigenvalue weighted by atomic mass is 19.1. The Labute approximate surface area is 110 Å². The van der Waals surface area contributed by atoms with Crippen LogP contribution in [0.25, 0.3) is 0 Å². The topological polar surface area (TPSA) is 78.4 Å². The van der Waals surface area contributed by atoms with Crippen LogP contribution in [-0.2, 0) is 0 Å². The molecule has 104 valence electrons. The fourth-order valence-electron chi connectivity index (χ4n) is 1.73. The zero-order chi connectivity index (χ0) is 14.4. The molecular weight excluding hydrogens is 251 g/mol. The number of rotatable bonds is 5. The van der Waals surface area contributed by atoms with Crippen LogP contribution >= 0.6 is 0 Å². The van der Waals surface area contributed by atoms with E-state index in [1.807, 2.05) is 13.8 Å². The lowest BCUT2D eigenvalue weighted by Gasteiger charge is -2.14. The van der Waals surface area contributed by atoms with Gasteiger partial charge in [0, 0.05) is 6.04 Å². The summed E-state index contributed by atoms with van der Waals surface area (Å²) in [6.45, 7) is 3.83. The molecule has 0 spiro atoms. The van der Waals surface area contributed by atoms with Crippen molar-refractivity contribution in [2.45, 2.75) is 32.7 Å². The molecule has 1 rings (SSSR count). The highest BCUT2D eigenvalue weighted by Gasteiger charge is 2.17. The Bertz CT molecular complexity index is 477. The van der Waals surface area contributed by atoms with Crippen molar-refractivity contribution in [1.29, 1.82) is 0 Å². The van der Waals surface area contributed by atoms with Crippen molar-refractivity contribution in [3.63, 3.8) is 0 Å². The Morgan fingerprint density at radius 2 is 2.11 bits per heavy atom. The van der Waals surface area contributed by atoms with Crippen molar-refractivity contribution >= 4 is 17.7 Å². The van der Waals surface area contributed by atoms with Gasteiger partial charge in [-0.05, 0) is 25.5 Å². The van der Waals surface area contributed by atoms with Gasteiger partial charge in [0.1, 0.15) is 11.4 Å². The third-order valence-corrected chi connectivity index (χ3v) is 2.57. The Morgan fingerprint density at radius 3 is 2.68 bits per heavy atom. The number of carboxylic acids is 1. The molecule has 1 aromatic rings. The van der Waals surface area contributed by atoms with E-state index in [-0.39, 0.29) is 11.7 Å². The fourth-order valence-corrected chi connectivity index (χ4v) is 1.73. The number of anilines is 1. The number of carbonyl (C=O) groups is 2. The molecule has 0 fully saturated rings. The molecule has 1 aromatic carbocycles. The predicted molar refractivity (Wildman–Crippen MR) is 69.9 cm³/mol. The zero-order valence-electron chi connectivity index (χ0n) is 10.9. The summed E-state index contributed by atoms with van der Waals surface area (Å²) in [6, 6.07) is 3.14. The Balaban J connectivity index is 2.80. The normalized spacial score (nSPS) is 11.7. The van der Waals surface area contributed by atoms with Gasteiger partial charge in [-0.2, -0.15) is 0 Å². The van der Waals surface area contributed by atoms with Crippen LogP contribution in [0.4, 0.5) is 14.9 Å². The van der Waals surface area contributed by atoms with Crippen molar-refractivity contribution in [2.75, 3.05) is 5.32 Å². The van der Waals surface area contributed by atoms with Crippen molar-refractivity contribution in [2.24, 2.45) is 0 Å². The first-order valence-corrected chi connectivity index (χ1v) is 6.05. The number of urea groups is 1. The maximum absolute atomic E-state index is 13.4. The second-order valence-electron chi connectivity index (χ2n) is 4.26.